The fraction of sp³-hybridized carbons (Fsp3) is 0. The van der Waals surface area contributed by atoms with E-state index in [1.807, 2.05) is 18.2 Å². The minimum Gasteiger partial charge on any atom is -0.346 e. The van der Waals surface area contributed by atoms with Gasteiger partial charge in [-0.2, -0.15) is 0 Å². The summed E-state index contributed by atoms with van der Waals surface area (Å²) < 4.78 is 1.16. The van der Waals surface area contributed by atoms with Crippen LogP contribution in [-0.4, -0.2) is 6.34 Å². The van der Waals surface area contributed by atoms with E-state index in [2.05, 4.69) is 39.5 Å². The monoisotopic (exact) mass is 270 g/mol. The Bertz CT molecular complexity index is 369. The lowest BCUT2D eigenvalue weighted by molar-refractivity contribution is 1.26. The molecule has 2 nitrogen and oxygen atoms in total. The molecule has 1 aromatic carbocycles. The Kier molecular flexibility index (Phi) is 1.88. The van der Waals surface area contributed by atoms with Gasteiger partial charge in [0, 0.05) is 14.8 Å². The summed E-state index contributed by atoms with van der Waals surface area (Å²) in [7, 11) is 0. The molecule has 0 saturated carbocycles. The molecule has 0 fully saturated rings. The maximum absolute atomic E-state index is 4.24. The molecule has 1 N–H and O–H groups in total. The van der Waals surface area contributed by atoms with Crippen LogP contribution in [0.2, 0.25) is 0 Å². The van der Waals surface area contributed by atoms with Crippen molar-refractivity contribution in [3.05, 3.63) is 33.9 Å². The van der Waals surface area contributed by atoms with Crippen molar-refractivity contribution in [2.45, 2.75) is 0 Å². The van der Waals surface area contributed by atoms with E-state index in [4.69, 9.17) is 0 Å². The van der Waals surface area contributed by atoms with E-state index in [0.717, 1.165) is 20.5 Å². The summed E-state index contributed by atoms with van der Waals surface area (Å²) >= 11 is 2.27. The summed E-state index contributed by atoms with van der Waals surface area (Å²) in [6, 6.07) is 6.06. The van der Waals surface area contributed by atoms with Gasteiger partial charge in [-0.3, -0.25) is 0 Å². The van der Waals surface area contributed by atoms with E-state index in [-0.39, 0.29) is 0 Å². The topological polar surface area (TPSA) is 24.4 Å². The number of halogens is 1. The fourth-order valence-electron chi connectivity index (χ4n) is 1.14. The van der Waals surface area contributed by atoms with Gasteiger partial charge >= 0.3 is 0 Å². The summed E-state index contributed by atoms with van der Waals surface area (Å²) in [5, 5.41) is 2.98. The van der Waals surface area contributed by atoms with E-state index in [0.29, 0.717) is 0 Å². The highest BCUT2D eigenvalue weighted by Crippen LogP contribution is 2.30. The molecule has 12 heavy (non-hydrogen) atoms. The first-order chi connectivity index (χ1) is 5.79. The molecule has 0 unspecified atom stereocenters. The second-order valence-electron chi connectivity index (χ2n) is 2.52. The van der Waals surface area contributed by atoms with E-state index in [1.54, 1.807) is 6.34 Å². The maximum Gasteiger partial charge on any atom is 0.0931 e. The minimum absolute atomic E-state index is 0.915. The molecule has 0 spiro atoms. The Morgan fingerprint density at radius 1 is 1.42 bits per heavy atom. The number of hydrogen-bond donors (Lipinski definition) is 1. The molecular weight excluding hydrogens is 263 g/mol. The van der Waals surface area contributed by atoms with Gasteiger partial charge in [0.05, 0.1) is 12.0 Å². The van der Waals surface area contributed by atoms with E-state index >= 15 is 0 Å². The first-order valence-electron chi connectivity index (χ1n) is 3.56. The van der Waals surface area contributed by atoms with Crippen LogP contribution in [-0.2, 0) is 0 Å². The van der Waals surface area contributed by atoms with Gasteiger partial charge in [0.2, 0.25) is 0 Å². The van der Waals surface area contributed by atoms with Crippen LogP contribution >= 0.6 is 22.6 Å². The zero-order valence-corrected chi connectivity index (χ0v) is 8.50. The summed E-state index contributed by atoms with van der Waals surface area (Å²) in [6.07, 6.45) is 1.67. The number of nitrogens with one attached hydrogen (secondary N) is 1. The molecular formula is C9H7IN2. The zero-order valence-electron chi connectivity index (χ0n) is 6.34. The SMILES string of the molecule is C=C1NC=Nc2c(I)cccc21. The Morgan fingerprint density at radius 3 is 3.00 bits per heavy atom. The first kappa shape index (κ1) is 7.79. The normalized spacial score (nSPS) is 13.9. The molecule has 0 radical (unpaired) electrons. The molecule has 1 heterocycles. The Balaban J connectivity index is 2.69. The number of hydrogen-bond acceptors (Lipinski definition) is 2. The van der Waals surface area contributed by atoms with Gasteiger partial charge in [-0.05, 0) is 28.7 Å². The predicted octanol–water partition coefficient (Wildman–Crippen LogP) is 2.52. The molecule has 3 heteroatoms. The molecule has 1 aliphatic rings. The highest BCUT2D eigenvalue weighted by atomic mass is 127. The highest BCUT2D eigenvalue weighted by molar-refractivity contribution is 14.1. The molecule has 0 aliphatic carbocycles. The fourth-order valence-corrected chi connectivity index (χ4v) is 1.78. The number of aliphatic imine (C=N–C) groups is 1. The van der Waals surface area contributed by atoms with E-state index < -0.39 is 0 Å². The average Bonchev–Trinajstić information content (AvgIpc) is 2.07. The second kappa shape index (κ2) is 2.90. The van der Waals surface area contributed by atoms with Gasteiger partial charge in [-0.1, -0.05) is 18.7 Å². The van der Waals surface area contributed by atoms with Crippen molar-refractivity contribution in [3.8, 4) is 0 Å². The second-order valence-corrected chi connectivity index (χ2v) is 3.68. The Hall–Kier alpha value is -0.840. The first-order valence-corrected chi connectivity index (χ1v) is 4.64. The number of para-hydroxylation sites is 1. The number of rotatable bonds is 0. The van der Waals surface area contributed by atoms with Crippen LogP contribution in [0.4, 0.5) is 5.69 Å². The molecule has 0 bridgehead atoms. The predicted molar refractivity (Wildman–Crippen MR) is 59.5 cm³/mol. The third-order valence-corrected chi connectivity index (χ3v) is 2.61. The van der Waals surface area contributed by atoms with E-state index in [9.17, 15) is 0 Å². The van der Waals surface area contributed by atoms with Crippen LogP contribution < -0.4 is 5.32 Å². The van der Waals surface area contributed by atoms with Gasteiger partial charge in [-0.25, -0.2) is 4.99 Å². The maximum atomic E-state index is 4.24. The van der Waals surface area contributed by atoms with Gasteiger partial charge in [-0.15, -0.1) is 0 Å². The van der Waals surface area contributed by atoms with Crippen molar-refractivity contribution in [1.29, 1.82) is 0 Å². The molecule has 0 aromatic heterocycles. The number of fused-ring (bicyclic) bond motifs is 1. The molecule has 60 valence electrons. The average molecular weight is 270 g/mol. The van der Waals surface area contributed by atoms with E-state index in [1.165, 1.54) is 0 Å². The summed E-state index contributed by atoms with van der Waals surface area (Å²) in [6.45, 7) is 3.89. The Morgan fingerprint density at radius 2 is 2.25 bits per heavy atom. The summed E-state index contributed by atoms with van der Waals surface area (Å²) in [5.74, 6) is 0. The van der Waals surface area contributed by atoms with Crippen LogP contribution in [0.15, 0.2) is 29.8 Å². The van der Waals surface area contributed by atoms with Gasteiger partial charge < -0.3 is 5.32 Å². The highest BCUT2D eigenvalue weighted by Gasteiger charge is 2.10. The third kappa shape index (κ3) is 1.14. The number of nitrogens with zero attached hydrogens (tertiary/aromatic N) is 1. The lowest BCUT2D eigenvalue weighted by atomic mass is 10.1. The lowest BCUT2D eigenvalue weighted by Crippen LogP contribution is -2.12. The van der Waals surface area contributed by atoms with Crippen molar-refractivity contribution < 1.29 is 0 Å². The quantitative estimate of drug-likeness (QED) is 0.720. The van der Waals surface area contributed by atoms with Crippen molar-refractivity contribution in [1.82, 2.24) is 5.32 Å². The molecule has 1 aromatic rings. The van der Waals surface area contributed by atoms with Crippen molar-refractivity contribution in [2.24, 2.45) is 4.99 Å². The molecule has 0 saturated heterocycles. The van der Waals surface area contributed by atoms with Crippen LogP contribution in [0, 0.1) is 3.57 Å². The molecule has 0 amide bonds. The van der Waals surface area contributed by atoms with Crippen LogP contribution in [0.1, 0.15) is 5.56 Å². The van der Waals surface area contributed by atoms with Gasteiger partial charge in [0.1, 0.15) is 0 Å². The molecule has 0 atom stereocenters. The summed E-state index contributed by atoms with van der Waals surface area (Å²) in [4.78, 5) is 4.24. The molecule has 2 rings (SSSR count). The largest absolute Gasteiger partial charge is 0.346 e. The summed E-state index contributed by atoms with van der Waals surface area (Å²) in [5.41, 5.74) is 3.02. The third-order valence-electron chi connectivity index (χ3n) is 1.74. The van der Waals surface area contributed by atoms with Crippen LogP contribution in [0.5, 0.6) is 0 Å². The van der Waals surface area contributed by atoms with Crippen molar-refractivity contribution >= 4 is 40.3 Å². The minimum atomic E-state index is 0.915. The standard InChI is InChI=1S/C9H7IN2/c1-6-7-3-2-4-8(10)9(7)12-5-11-6/h2-5H,1H2,(H,11,12). The Labute approximate surface area is 84.5 Å². The van der Waals surface area contributed by atoms with Gasteiger partial charge in [0.15, 0.2) is 0 Å². The smallest absolute Gasteiger partial charge is 0.0931 e. The van der Waals surface area contributed by atoms with Gasteiger partial charge in [0.25, 0.3) is 0 Å². The number of benzene rings is 1. The zero-order chi connectivity index (χ0) is 8.55. The van der Waals surface area contributed by atoms with Crippen molar-refractivity contribution in [3.63, 3.8) is 0 Å². The van der Waals surface area contributed by atoms with Crippen molar-refractivity contribution in [2.75, 3.05) is 0 Å². The molecule has 1 aliphatic heterocycles. The van der Waals surface area contributed by atoms with Crippen LogP contribution in [0.25, 0.3) is 5.70 Å². The van der Waals surface area contributed by atoms with Crippen LogP contribution in [0.3, 0.4) is 0 Å². The lowest BCUT2D eigenvalue weighted by Gasteiger charge is -2.14.